The summed E-state index contributed by atoms with van der Waals surface area (Å²) in [6, 6.07) is 3.61. The van der Waals surface area contributed by atoms with E-state index < -0.39 is 5.97 Å². The largest absolute Gasteiger partial charge is 0.481 e. The lowest BCUT2D eigenvalue weighted by Gasteiger charge is -1.96. The Labute approximate surface area is 97.0 Å². The van der Waals surface area contributed by atoms with Crippen LogP contribution in [0.4, 0.5) is 0 Å². The second-order valence-corrected chi connectivity index (χ2v) is 3.83. The normalized spacial score (nSPS) is 10.7. The fourth-order valence-corrected chi connectivity index (χ4v) is 1.34. The van der Waals surface area contributed by atoms with Crippen LogP contribution in [0.25, 0.3) is 6.08 Å². The van der Waals surface area contributed by atoms with Crippen LogP contribution in [0.3, 0.4) is 0 Å². The molecule has 15 heavy (non-hydrogen) atoms. The maximum absolute atomic E-state index is 10.4. The lowest BCUT2D eigenvalue weighted by molar-refractivity contribution is -0.136. The van der Waals surface area contributed by atoms with Crippen molar-refractivity contribution < 1.29 is 9.90 Å². The van der Waals surface area contributed by atoms with Gasteiger partial charge in [0.15, 0.2) is 0 Å². The maximum atomic E-state index is 10.4. The lowest BCUT2D eigenvalue weighted by Crippen LogP contribution is -2.01. The highest BCUT2D eigenvalue weighted by Gasteiger charge is 2.00. The zero-order valence-corrected chi connectivity index (χ0v) is 9.77. The molecule has 1 heterocycles. The van der Waals surface area contributed by atoms with E-state index in [2.05, 4.69) is 20.9 Å². The van der Waals surface area contributed by atoms with E-state index in [0.29, 0.717) is 5.69 Å². The van der Waals surface area contributed by atoms with Gasteiger partial charge in [0, 0.05) is 11.5 Å². The van der Waals surface area contributed by atoms with E-state index in [1.165, 1.54) is 0 Å². The molecule has 0 unspecified atom stereocenters. The Balaban J connectivity index is 2.60. The SMILES string of the molecule is O=C(O)Cc1ccc(C=CCCBr)cn1. The molecule has 0 saturated carbocycles. The van der Waals surface area contributed by atoms with Gasteiger partial charge < -0.3 is 5.11 Å². The van der Waals surface area contributed by atoms with Crippen LogP contribution in [0.2, 0.25) is 0 Å². The zero-order valence-electron chi connectivity index (χ0n) is 8.19. The molecule has 0 atom stereocenters. The molecule has 0 amide bonds. The Morgan fingerprint density at radius 1 is 1.53 bits per heavy atom. The lowest BCUT2D eigenvalue weighted by atomic mass is 10.2. The summed E-state index contributed by atoms with van der Waals surface area (Å²) >= 11 is 3.33. The molecule has 0 saturated heterocycles. The van der Waals surface area contributed by atoms with Crippen LogP contribution in [-0.2, 0) is 11.2 Å². The predicted molar refractivity (Wildman–Crippen MR) is 63.0 cm³/mol. The fraction of sp³-hybridized carbons (Fsp3) is 0.273. The molecule has 1 N–H and O–H groups in total. The number of nitrogens with zero attached hydrogens (tertiary/aromatic N) is 1. The predicted octanol–water partition coefficient (Wildman–Crippen LogP) is 2.51. The molecule has 4 heteroatoms. The zero-order chi connectivity index (χ0) is 11.1. The number of halogens is 1. The number of allylic oxidation sites excluding steroid dienone is 1. The van der Waals surface area contributed by atoms with Gasteiger partial charge in [0.05, 0.1) is 12.1 Å². The van der Waals surface area contributed by atoms with Crippen LogP contribution in [0.15, 0.2) is 24.4 Å². The second kappa shape index (κ2) is 6.35. The Bertz CT molecular complexity index is 346. The van der Waals surface area contributed by atoms with E-state index in [1.807, 2.05) is 18.2 Å². The molecule has 0 aliphatic carbocycles. The minimum Gasteiger partial charge on any atom is -0.481 e. The summed E-state index contributed by atoms with van der Waals surface area (Å²) in [6.07, 6.45) is 6.65. The van der Waals surface area contributed by atoms with Crippen LogP contribution in [0.5, 0.6) is 0 Å². The van der Waals surface area contributed by atoms with Gasteiger partial charge in [0.1, 0.15) is 0 Å². The smallest absolute Gasteiger partial charge is 0.309 e. The van der Waals surface area contributed by atoms with Crippen molar-refractivity contribution in [2.75, 3.05) is 5.33 Å². The van der Waals surface area contributed by atoms with Gasteiger partial charge in [-0.2, -0.15) is 0 Å². The summed E-state index contributed by atoms with van der Waals surface area (Å²) in [5, 5.41) is 9.49. The van der Waals surface area contributed by atoms with Crippen LogP contribution in [0, 0.1) is 0 Å². The van der Waals surface area contributed by atoms with E-state index >= 15 is 0 Å². The van der Waals surface area contributed by atoms with Crippen molar-refractivity contribution in [2.24, 2.45) is 0 Å². The van der Waals surface area contributed by atoms with E-state index in [9.17, 15) is 4.79 Å². The van der Waals surface area contributed by atoms with Crippen molar-refractivity contribution >= 4 is 28.0 Å². The summed E-state index contributed by atoms with van der Waals surface area (Å²) in [7, 11) is 0. The Hall–Kier alpha value is -1.16. The molecule has 1 aromatic rings. The number of rotatable bonds is 5. The molecular formula is C11H12BrNO2. The Morgan fingerprint density at radius 2 is 2.33 bits per heavy atom. The highest BCUT2D eigenvalue weighted by atomic mass is 79.9. The third-order valence-corrected chi connectivity index (χ3v) is 2.22. The summed E-state index contributed by atoms with van der Waals surface area (Å²) in [6.45, 7) is 0. The van der Waals surface area contributed by atoms with Crippen LogP contribution in [-0.4, -0.2) is 21.4 Å². The van der Waals surface area contributed by atoms with Gasteiger partial charge >= 0.3 is 5.97 Å². The number of hydrogen-bond donors (Lipinski definition) is 1. The van der Waals surface area contributed by atoms with Crippen LogP contribution < -0.4 is 0 Å². The topological polar surface area (TPSA) is 50.2 Å². The molecule has 0 fully saturated rings. The first-order chi connectivity index (χ1) is 7.22. The summed E-state index contributed by atoms with van der Waals surface area (Å²) in [5.41, 5.74) is 1.57. The Morgan fingerprint density at radius 3 is 2.87 bits per heavy atom. The molecule has 0 aliphatic heterocycles. The number of carboxylic acids is 1. The van der Waals surface area contributed by atoms with Gasteiger partial charge in [0.25, 0.3) is 0 Å². The third kappa shape index (κ3) is 4.74. The first kappa shape index (κ1) is 11.9. The highest BCUT2D eigenvalue weighted by Crippen LogP contribution is 2.04. The third-order valence-electron chi connectivity index (χ3n) is 1.77. The minimum atomic E-state index is -0.856. The molecule has 0 spiro atoms. The van der Waals surface area contributed by atoms with E-state index in [0.717, 1.165) is 17.3 Å². The number of carbonyl (C=O) groups is 1. The van der Waals surface area contributed by atoms with Crippen LogP contribution in [0.1, 0.15) is 17.7 Å². The second-order valence-electron chi connectivity index (χ2n) is 3.03. The first-order valence-electron chi connectivity index (χ1n) is 4.61. The molecule has 0 aromatic carbocycles. The minimum absolute atomic E-state index is 0.0224. The van der Waals surface area contributed by atoms with Crippen molar-refractivity contribution in [3.63, 3.8) is 0 Å². The molecule has 80 valence electrons. The number of pyridine rings is 1. The monoisotopic (exact) mass is 269 g/mol. The average Bonchev–Trinajstić information content (AvgIpc) is 2.20. The van der Waals surface area contributed by atoms with Gasteiger partial charge in [-0.25, -0.2) is 0 Å². The van der Waals surface area contributed by atoms with Crippen molar-refractivity contribution in [1.29, 1.82) is 0 Å². The summed E-state index contributed by atoms with van der Waals surface area (Å²) < 4.78 is 0. The van der Waals surface area contributed by atoms with E-state index in [1.54, 1.807) is 12.3 Å². The van der Waals surface area contributed by atoms with Gasteiger partial charge in [-0.05, 0) is 18.1 Å². The maximum Gasteiger partial charge on any atom is 0.309 e. The van der Waals surface area contributed by atoms with Crippen LogP contribution >= 0.6 is 15.9 Å². The molecule has 3 nitrogen and oxygen atoms in total. The van der Waals surface area contributed by atoms with E-state index in [4.69, 9.17) is 5.11 Å². The molecule has 0 aliphatic rings. The molecule has 1 aromatic heterocycles. The van der Waals surface area contributed by atoms with E-state index in [-0.39, 0.29) is 6.42 Å². The van der Waals surface area contributed by atoms with Crippen molar-refractivity contribution in [2.45, 2.75) is 12.8 Å². The summed E-state index contributed by atoms with van der Waals surface area (Å²) in [5.74, 6) is -0.856. The fourth-order valence-electron chi connectivity index (χ4n) is 1.08. The van der Waals surface area contributed by atoms with Gasteiger partial charge in [-0.3, -0.25) is 9.78 Å². The highest BCUT2D eigenvalue weighted by molar-refractivity contribution is 9.09. The number of aromatic nitrogens is 1. The number of carboxylic acid groups (broad SMARTS) is 1. The molecular weight excluding hydrogens is 258 g/mol. The van der Waals surface area contributed by atoms with Gasteiger partial charge in [-0.1, -0.05) is 34.1 Å². The van der Waals surface area contributed by atoms with Crippen molar-refractivity contribution in [1.82, 2.24) is 4.98 Å². The van der Waals surface area contributed by atoms with Crippen molar-refractivity contribution in [3.8, 4) is 0 Å². The van der Waals surface area contributed by atoms with Crippen molar-refractivity contribution in [3.05, 3.63) is 35.7 Å². The standard InChI is InChI=1S/C11H12BrNO2/c12-6-2-1-3-9-4-5-10(13-8-9)7-11(14)15/h1,3-5,8H,2,6-7H2,(H,14,15). The summed E-state index contributed by atoms with van der Waals surface area (Å²) in [4.78, 5) is 14.5. The van der Waals surface area contributed by atoms with Gasteiger partial charge in [0.2, 0.25) is 0 Å². The molecule has 1 rings (SSSR count). The quantitative estimate of drug-likeness (QED) is 0.836. The number of aliphatic carboxylic acids is 1. The number of alkyl halides is 1. The average molecular weight is 270 g/mol. The first-order valence-corrected chi connectivity index (χ1v) is 5.73. The Kier molecular flexibility index (Phi) is 5.04. The molecule has 0 radical (unpaired) electrons. The number of hydrogen-bond acceptors (Lipinski definition) is 2. The molecule has 0 bridgehead atoms. The van der Waals surface area contributed by atoms with Gasteiger partial charge in [-0.15, -0.1) is 0 Å².